The minimum atomic E-state index is -4.58. The fraction of sp³-hybridized carbons (Fsp3) is 0.150. The van der Waals surface area contributed by atoms with E-state index in [4.69, 9.17) is 9.47 Å². The van der Waals surface area contributed by atoms with E-state index in [1.54, 1.807) is 24.3 Å². The van der Waals surface area contributed by atoms with E-state index in [9.17, 15) is 22.8 Å². The van der Waals surface area contributed by atoms with Crippen LogP contribution < -0.4 is 14.8 Å². The van der Waals surface area contributed by atoms with E-state index in [0.29, 0.717) is 17.0 Å². The minimum absolute atomic E-state index is 0.165. The van der Waals surface area contributed by atoms with Crippen LogP contribution in [-0.4, -0.2) is 28.8 Å². The Morgan fingerprint density at radius 3 is 2.40 bits per heavy atom. The number of carbonyl (C=O) groups excluding carboxylic acids is 2. The van der Waals surface area contributed by atoms with Crippen LogP contribution in [0.4, 0.5) is 18.9 Å². The molecule has 30 heavy (non-hydrogen) atoms. The zero-order valence-electron chi connectivity index (χ0n) is 15.6. The number of hydrogen-bond donors (Lipinski definition) is 1. The number of carbonyl (C=O) groups is 2. The van der Waals surface area contributed by atoms with Crippen molar-refractivity contribution >= 4 is 17.6 Å². The molecule has 1 amide bonds. The largest absolute Gasteiger partial charge is 0.496 e. The second kappa shape index (κ2) is 8.68. The van der Waals surface area contributed by atoms with Crippen molar-refractivity contribution in [2.75, 3.05) is 12.4 Å². The van der Waals surface area contributed by atoms with E-state index in [-0.39, 0.29) is 11.7 Å². The van der Waals surface area contributed by atoms with E-state index in [1.165, 1.54) is 31.4 Å². The Labute approximate surface area is 169 Å². The first-order valence-electron chi connectivity index (χ1n) is 8.62. The number of hydrogen-bond acceptors (Lipinski definition) is 5. The lowest BCUT2D eigenvalue weighted by molar-refractivity contribution is -0.142. The molecule has 0 aliphatic carbocycles. The third-order valence-corrected chi connectivity index (χ3v) is 3.92. The SMILES string of the molecule is COc1ccccc1C(=O)Nc1ccc(OC(=O)Cn2ccc(C(F)(F)F)n2)cc1. The zero-order chi connectivity index (χ0) is 21.7. The number of rotatable bonds is 6. The first-order chi connectivity index (χ1) is 14.3. The van der Waals surface area contributed by atoms with Crippen molar-refractivity contribution in [2.45, 2.75) is 12.7 Å². The fourth-order valence-electron chi connectivity index (χ4n) is 2.53. The van der Waals surface area contributed by atoms with Gasteiger partial charge in [-0.3, -0.25) is 9.48 Å². The van der Waals surface area contributed by atoms with Crippen molar-refractivity contribution < 1.29 is 32.2 Å². The molecule has 0 saturated carbocycles. The Kier molecular flexibility index (Phi) is 6.05. The number of methoxy groups -OCH3 is 1. The minimum Gasteiger partial charge on any atom is -0.496 e. The number of para-hydroxylation sites is 1. The lowest BCUT2D eigenvalue weighted by Gasteiger charge is -2.10. The molecule has 1 N–H and O–H groups in total. The first kappa shape index (κ1) is 20.9. The second-order valence-corrected chi connectivity index (χ2v) is 6.05. The van der Waals surface area contributed by atoms with Crippen molar-refractivity contribution in [3.63, 3.8) is 0 Å². The maximum atomic E-state index is 12.5. The topological polar surface area (TPSA) is 82.5 Å². The summed E-state index contributed by atoms with van der Waals surface area (Å²) in [5, 5.41) is 5.98. The van der Waals surface area contributed by atoms with Gasteiger partial charge in [-0.15, -0.1) is 0 Å². The summed E-state index contributed by atoms with van der Waals surface area (Å²) in [7, 11) is 1.46. The van der Waals surface area contributed by atoms with Gasteiger partial charge in [0.1, 0.15) is 18.0 Å². The highest BCUT2D eigenvalue weighted by atomic mass is 19.4. The smallest absolute Gasteiger partial charge is 0.435 e. The average Bonchev–Trinajstić information content (AvgIpc) is 3.18. The van der Waals surface area contributed by atoms with Gasteiger partial charge < -0.3 is 14.8 Å². The highest BCUT2D eigenvalue weighted by Crippen LogP contribution is 2.27. The third kappa shape index (κ3) is 5.16. The molecule has 0 aliphatic heterocycles. The van der Waals surface area contributed by atoms with Gasteiger partial charge in [0.15, 0.2) is 5.69 Å². The van der Waals surface area contributed by atoms with E-state index in [1.807, 2.05) is 0 Å². The Morgan fingerprint density at radius 2 is 1.77 bits per heavy atom. The quantitative estimate of drug-likeness (QED) is 0.486. The standard InChI is InChI=1S/C20H16F3N3O4/c1-29-16-5-3-2-4-15(16)19(28)24-13-6-8-14(9-7-13)30-18(27)12-26-11-10-17(25-26)20(21,22)23/h2-11H,12H2,1H3,(H,24,28). The van der Waals surface area contributed by atoms with Crippen molar-refractivity contribution in [1.82, 2.24) is 9.78 Å². The summed E-state index contributed by atoms with van der Waals surface area (Å²) in [4.78, 5) is 24.3. The molecule has 0 fully saturated rings. The van der Waals surface area contributed by atoms with Crippen LogP contribution in [-0.2, 0) is 17.5 Å². The van der Waals surface area contributed by atoms with Gasteiger partial charge >= 0.3 is 12.1 Å². The highest BCUT2D eigenvalue weighted by Gasteiger charge is 2.33. The van der Waals surface area contributed by atoms with Crippen LogP contribution in [0.3, 0.4) is 0 Å². The average molecular weight is 419 g/mol. The predicted molar refractivity (Wildman–Crippen MR) is 100 cm³/mol. The molecule has 3 rings (SSSR count). The van der Waals surface area contributed by atoms with Crippen molar-refractivity contribution in [1.29, 1.82) is 0 Å². The number of ether oxygens (including phenoxy) is 2. The van der Waals surface area contributed by atoms with Gasteiger partial charge in [0.2, 0.25) is 0 Å². The molecule has 0 atom stereocenters. The van der Waals surface area contributed by atoms with Crippen LogP contribution in [0, 0.1) is 0 Å². The van der Waals surface area contributed by atoms with Gasteiger partial charge in [0.25, 0.3) is 5.91 Å². The maximum Gasteiger partial charge on any atom is 0.435 e. The van der Waals surface area contributed by atoms with E-state index >= 15 is 0 Å². The summed E-state index contributed by atoms with van der Waals surface area (Å²) in [6.07, 6.45) is -3.54. The molecule has 156 valence electrons. The normalized spacial score (nSPS) is 11.1. The van der Waals surface area contributed by atoms with Crippen LogP contribution in [0.15, 0.2) is 60.8 Å². The number of amides is 1. The molecule has 10 heteroatoms. The summed E-state index contributed by atoms with van der Waals surface area (Å²) in [6, 6.07) is 13.4. The number of halogens is 3. The number of esters is 1. The molecule has 0 unspecified atom stereocenters. The molecule has 0 spiro atoms. The fourth-order valence-corrected chi connectivity index (χ4v) is 2.53. The molecule has 3 aromatic rings. The summed E-state index contributed by atoms with van der Waals surface area (Å²) in [5.74, 6) is -0.583. The Balaban J connectivity index is 1.58. The molecule has 7 nitrogen and oxygen atoms in total. The van der Waals surface area contributed by atoms with E-state index in [2.05, 4.69) is 10.4 Å². The molecule has 0 radical (unpaired) electrons. The Bertz CT molecular complexity index is 1050. The van der Waals surface area contributed by atoms with E-state index < -0.39 is 24.4 Å². The number of nitrogens with zero attached hydrogens (tertiary/aromatic N) is 2. The number of aromatic nitrogens is 2. The Morgan fingerprint density at radius 1 is 1.07 bits per heavy atom. The highest BCUT2D eigenvalue weighted by molar-refractivity contribution is 6.06. The molecular weight excluding hydrogens is 403 g/mol. The third-order valence-electron chi connectivity index (χ3n) is 3.92. The van der Waals surface area contributed by atoms with Gasteiger partial charge in [-0.1, -0.05) is 12.1 Å². The van der Waals surface area contributed by atoms with Gasteiger partial charge in [-0.25, -0.2) is 4.79 Å². The molecule has 1 heterocycles. The number of nitrogens with one attached hydrogen (secondary N) is 1. The summed E-state index contributed by atoms with van der Waals surface area (Å²) in [6.45, 7) is -0.484. The maximum absolute atomic E-state index is 12.5. The van der Waals surface area contributed by atoms with Crippen LogP contribution in [0.25, 0.3) is 0 Å². The van der Waals surface area contributed by atoms with Crippen molar-refractivity contribution in [3.8, 4) is 11.5 Å². The lowest BCUT2D eigenvalue weighted by atomic mass is 10.2. The molecule has 0 saturated heterocycles. The number of alkyl halides is 3. The van der Waals surface area contributed by atoms with Crippen molar-refractivity contribution in [3.05, 3.63) is 72.1 Å². The molecule has 0 aliphatic rings. The van der Waals surface area contributed by atoms with Crippen LogP contribution >= 0.6 is 0 Å². The summed E-state index contributed by atoms with van der Waals surface area (Å²) in [5.41, 5.74) is -0.286. The lowest BCUT2D eigenvalue weighted by Crippen LogP contribution is -2.17. The predicted octanol–water partition coefficient (Wildman–Crippen LogP) is 3.77. The Hall–Kier alpha value is -3.82. The summed E-state index contributed by atoms with van der Waals surface area (Å²) >= 11 is 0. The molecule has 1 aromatic heterocycles. The second-order valence-electron chi connectivity index (χ2n) is 6.05. The van der Waals surface area contributed by atoms with Crippen LogP contribution in [0.1, 0.15) is 16.1 Å². The molecule has 2 aromatic carbocycles. The molecular formula is C20H16F3N3O4. The van der Waals surface area contributed by atoms with Gasteiger partial charge in [-0.2, -0.15) is 18.3 Å². The van der Waals surface area contributed by atoms with Gasteiger partial charge in [-0.05, 0) is 42.5 Å². The van der Waals surface area contributed by atoms with E-state index in [0.717, 1.165) is 16.9 Å². The van der Waals surface area contributed by atoms with Gasteiger partial charge in [0, 0.05) is 11.9 Å². The van der Waals surface area contributed by atoms with Crippen molar-refractivity contribution in [2.24, 2.45) is 0 Å². The number of anilines is 1. The first-order valence-corrected chi connectivity index (χ1v) is 8.62. The molecule has 0 bridgehead atoms. The van der Waals surface area contributed by atoms with Crippen LogP contribution in [0.5, 0.6) is 11.5 Å². The zero-order valence-corrected chi connectivity index (χ0v) is 15.6. The summed E-state index contributed by atoms with van der Waals surface area (Å²) < 4.78 is 48.7. The van der Waals surface area contributed by atoms with Gasteiger partial charge in [0.05, 0.1) is 12.7 Å². The number of benzene rings is 2. The monoisotopic (exact) mass is 419 g/mol. The van der Waals surface area contributed by atoms with Crippen LogP contribution in [0.2, 0.25) is 0 Å².